The molecule has 0 atom stereocenters. The standard InChI is InChI=1S/C25H15ClN2/c26-16-10-11-18-21-14-24-20(13-23(21)27-22(18)12-16)17-8-4-5-9-19(17)25(28-24)15-6-2-1-3-7-15/h1-14,27H. The van der Waals surface area contributed by atoms with E-state index in [4.69, 9.17) is 16.6 Å². The van der Waals surface area contributed by atoms with E-state index in [-0.39, 0.29) is 0 Å². The van der Waals surface area contributed by atoms with Gasteiger partial charge in [0.2, 0.25) is 0 Å². The molecule has 132 valence electrons. The Morgan fingerprint density at radius 1 is 0.607 bits per heavy atom. The molecule has 1 N–H and O–H groups in total. The molecule has 6 rings (SSSR count). The third kappa shape index (κ3) is 2.25. The van der Waals surface area contributed by atoms with E-state index in [1.165, 1.54) is 16.2 Å². The minimum absolute atomic E-state index is 0.735. The zero-order chi connectivity index (χ0) is 18.7. The number of hydrogen-bond acceptors (Lipinski definition) is 1. The summed E-state index contributed by atoms with van der Waals surface area (Å²) in [6, 6.07) is 29.3. The van der Waals surface area contributed by atoms with Crippen molar-refractivity contribution in [2.75, 3.05) is 0 Å². The fraction of sp³-hybridized carbons (Fsp3) is 0. The largest absolute Gasteiger partial charge is 0.354 e. The second kappa shape index (κ2) is 5.82. The molecule has 2 heterocycles. The van der Waals surface area contributed by atoms with Crippen molar-refractivity contribution < 1.29 is 0 Å². The Morgan fingerprint density at radius 2 is 1.36 bits per heavy atom. The number of aromatic nitrogens is 2. The van der Waals surface area contributed by atoms with Crippen molar-refractivity contribution in [1.29, 1.82) is 0 Å². The van der Waals surface area contributed by atoms with Crippen molar-refractivity contribution in [1.82, 2.24) is 9.97 Å². The van der Waals surface area contributed by atoms with E-state index in [2.05, 4.69) is 71.7 Å². The predicted octanol–water partition coefficient (Wildman–Crippen LogP) is 7.34. The Hall–Kier alpha value is -3.36. The van der Waals surface area contributed by atoms with Crippen LogP contribution >= 0.6 is 11.6 Å². The zero-order valence-electron chi connectivity index (χ0n) is 14.9. The minimum atomic E-state index is 0.735. The number of nitrogens with one attached hydrogen (secondary N) is 1. The molecule has 0 aliphatic carbocycles. The van der Waals surface area contributed by atoms with E-state index < -0.39 is 0 Å². The molecule has 0 fully saturated rings. The fourth-order valence-corrected chi connectivity index (χ4v) is 4.32. The molecule has 0 spiro atoms. The SMILES string of the molecule is Clc1ccc2c(c1)[nH]c1cc3c(cc12)nc(-c1ccccc1)c1ccccc13. The summed E-state index contributed by atoms with van der Waals surface area (Å²) >= 11 is 6.19. The molecular formula is C25H15ClN2. The molecule has 3 heteroatoms. The van der Waals surface area contributed by atoms with E-state index in [0.29, 0.717) is 0 Å². The van der Waals surface area contributed by atoms with Gasteiger partial charge >= 0.3 is 0 Å². The molecule has 2 nitrogen and oxygen atoms in total. The van der Waals surface area contributed by atoms with E-state index in [9.17, 15) is 0 Å². The fourth-order valence-electron chi connectivity index (χ4n) is 4.14. The van der Waals surface area contributed by atoms with Crippen LogP contribution in [-0.4, -0.2) is 9.97 Å². The Kier molecular flexibility index (Phi) is 3.26. The van der Waals surface area contributed by atoms with Crippen LogP contribution in [0, 0.1) is 0 Å². The summed E-state index contributed by atoms with van der Waals surface area (Å²) in [5, 5.41) is 6.60. The Balaban J connectivity index is 1.78. The van der Waals surface area contributed by atoms with Crippen LogP contribution in [-0.2, 0) is 0 Å². The number of benzene rings is 4. The van der Waals surface area contributed by atoms with Gasteiger partial charge in [-0.3, -0.25) is 0 Å². The van der Waals surface area contributed by atoms with Gasteiger partial charge in [0.05, 0.1) is 11.2 Å². The molecular weight excluding hydrogens is 364 g/mol. The van der Waals surface area contributed by atoms with Crippen LogP contribution in [0.5, 0.6) is 0 Å². The number of hydrogen-bond donors (Lipinski definition) is 1. The van der Waals surface area contributed by atoms with Gasteiger partial charge in [0.1, 0.15) is 0 Å². The van der Waals surface area contributed by atoms with E-state index >= 15 is 0 Å². The molecule has 0 aliphatic rings. The summed E-state index contributed by atoms with van der Waals surface area (Å²) in [7, 11) is 0. The molecule has 0 radical (unpaired) electrons. The first kappa shape index (κ1) is 15.7. The second-order valence-electron chi connectivity index (χ2n) is 7.10. The number of H-pyrrole nitrogens is 1. The molecule has 28 heavy (non-hydrogen) atoms. The normalized spacial score (nSPS) is 11.8. The Morgan fingerprint density at radius 3 is 2.21 bits per heavy atom. The number of halogens is 1. The van der Waals surface area contributed by atoms with Crippen molar-refractivity contribution in [2.45, 2.75) is 0 Å². The predicted molar refractivity (Wildman–Crippen MR) is 119 cm³/mol. The average molecular weight is 379 g/mol. The monoisotopic (exact) mass is 378 g/mol. The van der Waals surface area contributed by atoms with Gasteiger partial charge in [0.15, 0.2) is 0 Å². The maximum absolute atomic E-state index is 6.19. The smallest absolute Gasteiger partial charge is 0.0788 e. The van der Waals surface area contributed by atoms with Gasteiger partial charge in [0.25, 0.3) is 0 Å². The van der Waals surface area contributed by atoms with Crippen LogP contribution < -0.4 is 0 Å². The highest BCUT2D eigenvalue weighted by molar-refractivity contribution is 6.31. The van der Waals surface area contributed by atoms with Crippen molar-refractivity contribution in [2.24, 2.45) is 0 Å². The highest BCUT2D eigenvalue weighted by Crippen LogP contribution is 2.36. The van der Waals surface area contributed by atoms with Crippen LogP contribution in [0.2, 0.25) is 5.02 Å². The molecule has 2 aromatic heterocycles. The number of nitrogens with zero attached hydrogens (tertiary/aromatic N) is 1. The summed E-state index contributed by atoms with van der Waals surface area (Å²) in [5.74, 6) is 0. The van der Waals surface area contributed by atoms with Crippen LogP contribution in [0.4, 0.5) is 0 Å². The lowest BCUT2D eigenvalue weighted by molar-refractivity contribution is 1.43. The number of pyridine rings is 1. The van der Waals surface area contributed by atoms with Gasteiger partial charge < -0.3 is 4.98 Å². The molecule has 0 aliphatic heterocycles. The molecule has 0 amide bonds. The summed E-state index contributed by atoms with van der Waals surface area (Å²) in [4.78, 5) is 8.60. The average Bonchev–Trinajstić information content (AvgIpc) is 3.08. The van der Waals surface area contributed by atoms with E-state index in [1.807, 2.05) is 18.2 Å². The van der Waals surface area contributed by atoms with Gasteiger partial charge in [-0.15, -0.1) is 0 Å². The molecule has 0 bridgehead atoms. The lowest BCUT2D eigenvalue weighted by Crippen LogP contribution is -1.89. The zero-order valence-corrected chi connectivity index (χ0v) is 15.7. The first-order valence-corrected chi connectivity index (χ1v) is 9.64. The van der Waals surface area contributed by atoms with Crippen molar-refractivity contribution in [3.63, 3.8) is 0 Å². The molecule has 4 aromatic carbocycles. The first-order valence-electron chi connectivity index (χ1n) is 9.27. The number of aromatic amines is 1. The molecule has 0 unspecified atom stereocenters. The van der Waals surface area contributed by atoms with Gasteiger partial charge in [0, 0.05) is 43.2 Å². The van der Waals surface area contributed by atoms with E-state index in [1.54, 1.807) is 0 Å². The van der Waals surface area contributed by atoms with Gasteiger partial charge in [-0.2, -0.15) is 0 Å². The molecule has 0 saturated carbocycles. The summed E-state index contributed by atoms with van der Waals surface area (Å²) in [6.07, 6.45) is 0. The summed E-state index contributed by atoms with van der Waals surface area (Å²) < 4.78 is 0. The summed E-state index contributed by atoms with van der Waals surface area (Å²) in [6.45, 7) is 0. The minimum Gasteiger partial charge on any atom is -0.354 e. The maximum Gasteiger partial charge on any atom is 0.0788 e. The number of rotatable bonds is 1. The van der Waals surface area contributed by atoms with Crippen LogP contribution in [0.25, 0.3) is 54.7 Å². The third-order valence-electron chi connectivity index (χ3n) is 5.43. The molecule has 6 aromatic rings. The first-order chi connectivity index (χ1) is 13.8. The number of fused-ring (bicyclic) bond motifs is 6. The highest BCUT2D eigenvalue weighted by atomic mass is 35.5. The van der Waals surface area contributed by atoms with Gasteiger partial charge in [-0.1, -0.05) is 72.3 Å². The van der Waals surface area contributed by atoms with Gasteiger partial charge in [-0.25, -0.2) is 4.98 Å². The quantitative estimate of drug-likeness (QED) is 0.298. The van der Waals surface area contributed by atoms with Crippen molar-refractivity contribution in [3.8, 4) is 11.3 Å². The van der Waals surface area contributed by atoms with Gasteiger partial charge in [-0.05, 0) is 29.7 Å². The van der Waals surface area contributed by atoms with Crippen molar-refractivity contribution in [3.05, 3.63) is 90.0 Å². The van der Waals surface area contributed by atoms with Crippen LogP contribution in [0.1, 0.15) is 0 Å². The summed E-state index contributed by atoms with van der Waals surface area (Å²) in [5.41, 5.74) is 5.30. The topological polar surface area (TPSA) is 28.7 Å². The Bertz CT molecular complexity index is 1510. The highest BCUT2D eigenvalue weighted by Gasteiger charge is 2.13. The lowest BCUT2D eigenvalue weighted by Gasteiger charge is -2.10. The second-order valence-corrected chi connectivity index (χ2v) is 7.54. The van der Waals surface area contributed by atoms with E-state index in [0.717, 1.165) is 43.6 Å². The molecule has 0 saturated heterocycles. The maximum atomic E-state index is 6.19. The van der Waals surface area contributed by atoms with Crippen LogP contribution in [0.3, 0.4) is 0 Å². The van der Waals surface area contributed by atoms with Crippen LogP contribution in [0.15, 0.2) is 84.9 Å². The lowest BCUT2D eigenvalue weighted by atomic mass is 9.99. The Labute approximate surface area is 166 Å². The third-order valence-corrected chi connectivity index (χ3v) is 5.66. The van der Waals surface area contributed by atoms with Crippen molar-refractivity contribution >= 4 is 55.1 Å².